The molecular formula is C18H19NO4. The van der Waals surface area contributed by atoms with Gasteiger partial charge in [0.25, 0.3) is 0 Å². The zero-order valence-electron chi connectivity index (χ0n) is 13.1. The van der Waals surface area contributed by atoms with Gasteiger partial charge in [0.1, 0.15) is 5.75 Å². The first-order valence-electron chi connectivity index (χ1n) is 7.42. The van der Waals surface area contributed by atoms with E-state index < -0.39 is 11.8 Å². The number of phenols is 1. The molecule has 0 radical (unpaired) electrons. The Balaban J connectivity index is 2.63. The summed E-state index contributed by atoms with van der Waals surface area (Å²) in [7, 11) is 0. The number of anilines is 1. The quantitative estimate of drug-likeness (QED) is 0.383. The van der Waals surface area contributed by atoms with Crippen molar-refractivity contribution in [1.82, 2.24) is 0 Å². The summed E-state index contributed by atoms with van der Waals surface area (Å²) in [6.07, 6.45) is 0.567. The minimum atomic E-state index is -0.561. The molecule has 0 unspecified atom stereocenters. The third-order valence-corrected chi connectivity index (χ3v) is 3.57. The summed E-state index contributed by atoms with van der Waals surface area (Å²) in [5.41, 5.74) is 6.99. The molecule has 0 fully saturated rings. The SMILES string of the molecule is CCOC(=O)c1cccc(CC)c1C(=O)c1cccc(N)c1O. The van der Waals surface area contributed by atoms with Gasteiger partial charge in [-0.05, 0) is 37.1 Å². The van der Waals surface area contributed by atoms with Crippen LogP contribution in [0.1, 0.15) is 45.7 Å². The van der Waals surface area contributed by atoms with Crippen LogP contribution in [0.5, 0.6) is 5.75 Å². The molecule has 0 aromatic heterocycles. The molecule has 5 nitrogen and oxygen atoms in total. The Bertz CT molecular complexity index is 753. The average Bonchev–Trinajstić information content (AvgIpc) is 2.56. The predicted molar refractivity (Wildman–Crippen MR) is 87.7 cm³/mol. The first kappa shape index (κ1) is 16.5. The van der Waals surface area contributed by atoms with E-state index in [0.29, 0.717) is 12.0 Å². The number of carbonyl (C=O) groups is 2. The number of ketones is 1. The van der Waals surface area contributed by atoms with Crippen LogP contribution in [0.4, 0.5) is 5.69 Å². The molecule has 0 heterocycles. The highest BCUT2D eigenvalue weighted by Crippen LogP contribution is 2.29. The molecule has 0 saturated carbocycles. The zero-order valence-corrected chi connectivity index (χ0v) is 13.1. The Kier molecular flexibility index (Phi) is 5.01. The molecule has 3 N–H and O–H groups in total. The number of phenolic OH excluding ortho intramolecular Hbond substituents is 1. The maximum atomic E-state index is 12.9. The van der Waals surface area contributed by atoms with Crippen molar-refractivity contribution in [2.24, 2.45) is 0 Å². The van der Waals surface area contributed by atoms with Crippen LogP contribution < -0.4 is 5.73 Å². The van der Waals surface area contributed by atoms with E-state index in [9.17, 15) is 14.7 Å². The van der Waals surface area contributed by atoms with E-state index in [1.165, 1.54) is 12.1 Å². The number of nitrogen functional groups attached to an aromatic ring is 1. The van der Waals surface area contributed by atoms with Gasteiger partial charge in [-0.15, -0.1) is 0 Å². The second-order valence-corrected chi connectivity index (χ2v) is 4.99. The predicted octanol–water partition coefficient (Wildman–Crippen LogP) is 2.94. The Morgan fingerprint density at radius 3 is 2.39 bits per heavy atom. The van der Waals surface area contributed by atoms with Crippen molar-refractivity contribution in [2.45, 2.75) is 20.3 Å². The molecule has 0 spiro atoms. The topological polar surface area (TPSA) is 89.6 Å². The van der Waals surface area contributed by atoms with Gasteiger partial charge < -0.3 is 15.6 Å². The summed E-state index contributed by atoms with van der Waals surface area (Å²) < 4.78 is 5.03. The fourth-order valence-electron chi connectivity index (χ4n) is 2.42. The van der Waals surface area contributed by atoms with Crippen LogP contribution in [0, 0.1) is 0 Å². The van der Waals surface area contributed by atoms with Gasteiger partial charge in [0.05, 0.1) is 23.4 Å². The van der Waals surface area contributed by atoms with Crippen molar-refractivity contribution in [3.63, 3.8) is 0 Å². The molecule has 0 amide bonds. The Morgan fingerprint density at radius 2 is 1.74 bits per heavy atom. The largest absolute Gasteiger partial charge is 0.505 e. The van der Waals surface area contributed by atoms with Crippen LogP contribution in [0.15, 0.2) is 36.4 Å². The standard InChI is InChI=1S/C18H19NO4/c1-3-11-7-5-8-12(18(22)23-4-2)15(11)17(21)13-9-6-10-14(19)16(13)20/h5-10,20H,3-4,19H2,1-2H3. The molecule has 2 aromatic rings. The van der Waals surface area contributed by atoms with E-state index in [0.717, 1.165) is 0 Å². The number of rotatable bonds is 5. The highest BCUT2D eigenvalue weighted by Gasteiger charge is 2.24. The highest BCUT2D eigenvalue weighted by atomic mass is 16.5. The number of hydrogen-bond acceptors (Lipinski definition) is 5. The summed E-state index contributed by atoms with van der Waals surface area (Å²) in [6.45, 7) is 3.80. The Hall–Kier alpha value is -2.82. The molecule has 0 aliphatic heterocycles. The number of nitrogens with two attached hydrogens (primary N) is 1. The maximum Gasteiger partial charge on any atom is 0.338 e. The van der Waals surface area contributed by atoms with Crippen LogP contribution in [0.2, 0.25) is 0 Å². The number of benzene rings is 2. The number of ether oxygens (including phenoxy) is 1. The molecule has 0 aliphatic rings. The smallest absolute Gasteiger partial charge is 0.338 e. The molecule has 0 aliphatic carbocycles. The van der Waals surface area contributed by atoms with Crippen molar-refractivity contribution in [1.29, 1.82) is 0 Å². The van der Waals surface area contributed by atoms with Crippen molar-refractivity contribution in [2.75, 3.05) is 12.3 Å². The second-order valence-electron chi connectivity index (χ2n) is 4.99. The van der Waals surface area contributed by atoms with Gasteiger partial charge in [-0.1, -0.05) is 25.1 Å². The van der Waals surface area contributed by atoms with Crippen molar-refractivity contribution >= 4 is 17.4 Å². The zero-order chi connectivity index (χ0) is 17.0. The summed E-state index contributed by atoms with van der Waals surface area (Å²) >= 11 is 0. The summed E-state index contributed by atoms with van der Waals surface area (Å²) in [6, 6.07) is 9.61. The maximum absolute atomic E-state index is 12.9. The lowest BCUT2D eigenvalue weighted by Gasteiger charge is -2.13. The third kappa shape index (κ3) is 3.18. The van der Waals surface area contributed by atoms with Gasteiger partial charge in [0.2, 0.25) is 0 Å². The molecule has 0 atom stereocenters. The van der Waals surface area contributed by atoms with Crippen molar-refractivity contribution in [3.8, 4) is 5.75 Å². The average molecular weight is 313 g/mol. The molecular weight excluding hydrogens is 294 g/mol. The first-order valence-corrected chi connectivity index (χ1v) is 7.42. The lowest BCUT2D eigenvalue weighted by Crippen LogP contribution is -2.15. The van der Waals surface area contributed by atoms with Crippen LogP contribution in [-0.2, 0) is 11.2 Å². The lowest BCUT2D eigenvalue weighted by atomic mass is 9.91. The number of carbonyl (C=O) groups excluding carboxylic acids is 2. The second kappa shape index (κ2) is 6.96. The summed E-state index contributed by atoms with van der Waals surface area (Å²) in [5.74, 6) is -1.29. The minimum absolute atomic E-state index is 0.0662. The van der Waals surface area contributed by atoms with Crippen LogP contribution in [-0.4, -0.2) is 23.5 Å². The fourth-order valence-corrected chi connectivity index (χ4v) is 2.42. The number of hydrogen-bond donors (Lipinski definition) is 2. The van der Waals surface area contributed by atoms with Gasteiger partial charge >= 0.3 is 5.97 Å². The third-order valence-electron chi connectivity index (χ3n) is 3.57. The molecule has 23 heavy (non-hydrogen) atoms. The van der Waals surface area contributed by atoms with Gasteiger partial charge in [-0.25, -0.2) is 4.79 Å². The number of para-hydroxylation sites is 1. The lowest BCUT2D eigenvalue weighted by molar-refractivity contribution is 0.0523. The van der Waals surface area contributed by atoms with Crippen LogP contribution >= 0.6 is 0 Å². The highest BCUT2D eigenvalue weighted by molar-refractivity contribution is 6.17. The number of aromatic hydroxyl groups is 1. The molecule has 0 bridgehead atoms. The van der Waals surface area contributed by atoms with E-state index in [-0.39, 0.29) is 34.7 Å². The minimum Gasteiger partial charge on any atom is -0.505 e. The number of aryl methyl sites for hydroxylation is 1. The number of esters is 1. The van der Waals surface area contributed by atoms with Gasteiger partial charge in [0.15, 0.2) is 5.78 Å². The first-order chi connectivity index (χ1) is 11.0. The van der Waals surface area contributed by atoms with E-state index in [4.69, 9.17) is 10.5 Å². The molecule has 0 saturated heterocycles. The summed E-state index contributed by atoms with van der Waals surface area (Å²) in [4.78, 5) is 25.1. The van der Waals surface area contributed by atoms with E-state index in [1.54, 1.807) is 31.2 Å². The van der Waals surface area contributed by atoms with Crippen molar-refractivity contribution in [3.05, 3.63) is 58.7 Å². The van der Waals surface area contributed by atoms with Gasteiger partial charge in [-0.3, -0.25) is 4.79 Å². The van der Waals surface area contributed by atoms with E-state index in [1.807, 2.05) is 6.92 Å². The van der Waals surface area contributed by atoms with Crippen LogP contribution in [0.25, 0.3) is 0 Å². The van der Waals surface area contributed by atoms with Gasteiger partial charge in [-0.2, -0.15) is 0 Å². The Morgan fingerprint density at radius 1 is 1.09 bits per heavy atom. The molecule has 2 rings (SSSR count). The molecule has 5 heteroatoms. The summed E-state index contributed by atoms with van der Waals surface area (Å²) in [5, 5.41) is 10.1. The van der Waals surface area contributed by atoms with E-state index >= 15 is 0 Å². The molecule has 120 valence electrons. The fraction of sp³-hybridized carbons (Fsp3) is 0.222. The normalized spacial score (nSPS) is 10.3. The van der Waals surface area contributed by atoms with Gasteiger partial charge in [0, 0.05) is 5.56 Å². The van der Waals surface area contributed by atoms with E-state index in [2.05, 4.69) is 0 Å². The van der Waals surface area contributed by atoms with Crippen molar-refractivity contribution < 1.29 is 19.4 Å². The Labute approximate surface area is 134 Å². The monoisotopic (exact) mass is 313 g/mol. The molecule has 2 aromatic carbocycles. The van der Waals surface area contributed by atoms with Crippen LogP contribution in [0.3, 0.4) is 0 Å².